The highest BCUT2D eigenvalue weighted by Gasteiger charge is 2.29. The number of para-hydroxylation sites is 1. The molecule has 0 spiro atoms. The van der Waals surface area contributed by atoms with Crippen molar-refractivity contribution < 1.29 is 30.3 Å². The summed E-state index contributed by atoms with van der Waals surface area (Å²) in [5.74, 6) is -0.654. The number of aliphatic hydroxyl groups is 4. The van der Waals surface area contributed by atoms with Crippen LogP contribution in [-0.4, -0.2) is 69.3 Å². The second-order valence-electron chi connectivity index (χ2n) is 4.67. The number of phenols is 1. The van der Waals surface area contributed by atoms with Crippen molar-refractivity contribution in [2.45, 2.75) is 24.7 Å². The Hall–Kier alpha value is -1.51. The molecule has 7 nitrogen and oxygen atoms in total. The van der Waals surface area contributed by atoms with E-state index in [1.54, 1.807) is 24.3 Å². The van der Waals surface area contributed by atoms with Crippen LogP contribution < -0.4 is 5.32 Å². The fourth-order valence-corrected chi connectivity index (χ4v) is 1.85. The molecule has 0 aromatic heterocycles. The molecule has 0 saturated heterocycles. The standard InChI is InChI=1S/C14H21NO6/c16-7-10(13(20)14(21)12(19)8-17)15-6-5-9-3-1-2-4-11(9)18/h1-4,10,12,14-19,21H,5-8H2/t10-,12+,14-/m0/s1. The van der Waals surface area contributed by atoms with Gasteiger partial charge in [0.25, 0.3) is 0 Å². The SMILES string of the molecule is O=C([C@H](CO)NCCc1ccccc1O)[C@@H](O)[C@H](O)CO. The van der Waals surface area contributed by atoms with Crippen molar-refractivity contribution in [1.82, 2.24) is 5.32 Å². The van der Waals surface area contributed by atoms with E-state index in [2.05, 4.69) is 5.32 Å². The molecule has 6 N–H and O–H groups in total. The van der Waals surface area contributed by atoms with Crippen LogP contribution in [0.5, 0.6) is 5.75 Å². The van der Waals surface area contributed by atoms with Gasteiger partial charge in [-0.05, 0) is 18.1 Å². The van der Waals surface area contributed by atoms with Gasteiger partial charge in [-0.1, -0.05) is 18.2 Å². The maximum absolute atomic E-state index is 11.8. The van der Waals surface area contributed by atoms with Crippen LogP contribution in [0.2, 0.25) is 0 Å². The van der Waals surface area contributed by atoms with Crippen molar-refractivity contribution in [3.8, 4) is 5.75 Å². The molecule has 1 aromatic rings. The molecule has 0 unspecified atom stereocenters. The number of aliphatic hydroxyl groups excluding tert-OH is 4. The smallest absolute Gasteiger partial charge is 0.183 e. The van der Waals surface area contributed by atoms with Gasteiger partial charge in [-0.25, -0.2) is 0 Å². The van der Waals surface area contributed by atoms with Gasteiger partial charge in [0, 0.05) is 6.54 Å². The van der Waals surface area contributed by atoms with Crippen molar-refractivity contribution in [3.63, 3.8) is 0 Å². The van der Waals surface area contributed by atoms with E-state index >= 15 is 0 Å². The third-order valence-electron chi connectivity index (χ3n) is 3.15. The van der Waals surface area contributed by atoms with E-state index in [0.29, 0.717) is 12.0 Å². The number of carbonyl (C=O) groups is 1. The first-order valence-electron chi connectivity index (χ1n) is 6.63. The van der Waals surface area contributed by atoms with Gasteiger partial charge in [0.05, 0.1) is 19.3 Å². The van der Waals surface area contributed by atoms with E-state index in [1.807, 2.05) is 0 Å². The molecular weight excluding hydrogens is 278 g/mol. The van der Waals surface area contributed by atoms with Crippen LogP contribution in [0, 0.1) is 0 Å². The zero-order valence-electron chi connectivity index (χ0n) is 11.5. The average Bonchev–Trinajstić information content (AvgIpc) is 2.51. The molecule has 3 atom stereocenters. The number of Topliss-reactive ketones (excluding diaryl/α,β-unsaturated/α-hetero) is 1. The Morgan fingerprint density at radius 2 is 1.81 bits per heavy atom. The molecule has 0 fully saturated rings. The number of benzene rings is 1. The molecular formula is C14H21NO6. The molecule has 0 radical (unpaired) electrons. The molecule has 0 bridgehead atoms. The van der Waals surface area contributed by atoms with Crippen molar-refractivity contribution in [2.75, 3.05) is 19.8 Å². The monoisotopic (exact) mass is 299 g/mol. The van der Waals surface area contributed by atoms with Gasteiger partial charge in [-0.15, -0.1) is 0 Å². The molecule has 0 amide bonds. The van der Waals surface area contributed by atoms with Crippen LogP contribution in [-0.2, 0) is 11.2 Å². The molecule has 1 aromatic carbocycles. The minimum Gasteiger partial charge on any atom is -0.508 e. The van der Waals surface area contributed by atoms with Gasteiger partial charge in [0.2, 0.25) is 0 Å². The fourth-order valence-electron chi connectivity index (χ4n) is 1.85. The normalized spacial score (nSPS) is 15.4. The highest BCUT2D eigenvalue weighted by atomic mass is 16.4. The fraction of sp³-hybridized carbons (Fsp3) is 0.500. The lowest BCUT2D eigenvalue weighted by atomic mass is 10.0. The van der Waals surface area contributed by atoms with Gasteiger partial charge in [-0.2, -0.15) is 0 Å². The first-order chi connectivity index (χ1) is 10.0. The van der Waals surface area contributed by atoms with Crippen LogP contribution in [0.25, 0.3) is 0 Å². The lowest BCUT2D eigenvalue weighted by Gasteiger charge is -2.21. The Morgan fingerprint density at radius 3 is 2.38 bits per heavy atom. The minimum atomic E-state index is -1.76. The molecule has 1 rings (SSSR count). The molecule has 0 aliphatic carbocycles. The maximum atomic E-state index is 11.8. The molecule has 21 heavy (non-hydrogen) atoms. The predicted octanol–water partition coefficient (Wildman–Crippen LogP) is -1.83. The zero-order valence-corrected chi connectivity index (χ0v) is 11.5. The van der Waals surface area contributed by atoms with E-state index in [0.717, 1.165) is 0 Å². The number of hydrogen-bond acceptors (Lipinski definition) is 7. The summed E-state index contributed by atoms with van der Waals surface area (Å²) in [7, 11) is 0. The Bertz CT molecular complexity index is 453. The number of carbonyl (C=O) groups excluding carboxylic acids is 1. The Kier molecular flexibility index (Phi) is 7.27. The molecule has 7 heteroatoms. The quantitative estimate of drug-likeness (QED) is 0.316. The van der Waals surface area contributed by atoms with E-state index in [1.165, 1.54) is 0 Å². The average molecular weight is 299 g/mol. The van der Waals surface area contributed by atoms with Gasteiger partial charge >= 0.3 is 0 Å². The van der Waals surface area contributed by atoms with Crippen molar-refractivity contribution in [3.05, 3.63) is 29.8 Å². The second kappa shape index (κ2) is 8.71. The lowest BCUT2D eigenvalue weighted by Crippen LogP contribution is -2.50. The summed E-state index contributed by atoms with van der Waals surface area (Å²) in [6, 6.07) is 5.69. The predicted molar refractivity (Wildman–Crippen MR) is 74.8 cm³/mol. The summed E-state index contributed by atoms with van der Waals surface area (Å²) >= 11 is 0. The van der Waals surface area contributed by atoms with Gasteiger partial charge < -0.3 is 30.8 Å². The first kappa shape index (κ1) is 17.5. The maximum Gasteiger partial charge on any atom is 0.183 e. The summed E-state index contributed by atoms with van der Waals surface area (Å²) in [5.41, 5.74) is 0.685. The van der Waals surface area contributed by atoms with Crippen LogP contribution in [0.3, 0.4) is 0 Å². The van der Waals surface area contributed by atoms with Crippen LogP contribution in [0.4, 0.5) is 0 Å². The van der Waals surface area contributed by atoms with Gasteiger partial charge in [0.15, 0.2) is 5.78 Å². The number of aromatic hydroxyl groups is 1. The van der Waals surface area contributed by atoms with Crippen molar-refractivity contribution >= 4 is 5.78 Å². The lowest BCUT2D eigenvalue weighted by molar-refractivity contribution is -0.137. The van der Waals surface area contributed by atoms with E-state index < -0.39 is 37.2 Å². The second-order valence-corrected chi connectivity index (χ2v) is 4.67. The van der Waals surface area contributed by atoms with Gasteiger partial charge in [0.1, 0.15) is 18.0 Å². The van der Waals surface area contributed by atoms with Crippen molar-refractivity contribution in [2.24, 2.45) is 0 Å². The number of nitrogens with one attached hydrogen (secondary N) is 1. The molecule has 0 saturated carbocycles. The number of rotatable bonds is 9. The van der Waals surface area contributed by atoms with E-state index in [4.69, 9.17) is 10.2 Å². The largest absolute Gasteiger partial charge is 0.508 e. The molecule has 0 heterocycles. The highest BCUT2D eigenvalue weighted by Crippen LogP contribution is 2.15. The minimum absolute atomic E-state index is 0.141. The van der Waals surface area contributed by atoms with Crippen LogP contribution in [0.15, 0.2) is 24.3 Å². The summed E-state index contributed by atoms with van der Waals surface area (Å²) < 4.78 is 0. The van der Waals surface area contributed by atoms with E-state index in [-0.39, 0.29) is 12.3 Å². The first-order valence-corrected chi connectivity index (χ1v) is 6.63. The molecule has 0 aliphatic rings. The Balaban J connectivity index is 2.51. The molecule has 0 aliphatic heterocycles. The highest BCUT2D eigenvalue weighted by molar-refractivity contribution is 5.88. The Labute approximate surface area is 122 Å². The summed E-state index contributed by atoms with van der Waals surface area (Å²) in [6.45, 7) is -1.01. The third kappa shape index (κ3) is 5.07. The van der Waals surface area contributed by atoms with Crippen molar-refractivity contribution in [1.29, 1.82) is 0 Å². The van der Waals surface area contributed by atoms with Crippen LogP contribution in [0.1, 0.15) is 5.56 Å². The molecule has 118 valence electrons. The summed E-state index contributed by atoms with van der Waals surface area (Å²) in [4.78, 5) is 11.8. The zero-order chi connectivity index (χ0) is 15.8. The number of hydrogen-bond donors (Lipinski definition) is 6. The van der Waals surface area contributed by atoms with Crippen LogP contribution >= 0.6 is 0 Å². The third-order valence-corrected chi connectivity index (χ3v) is 3.15. The topological polar surface area (TPSA) is 130 Å². The number of ketones is 1. The summed E-state index contributed by atoms with van der Waals surface area (Å²) in [6.07, 6.45) is -2.91. The number of phenolic OH excluding ortho intramolecular Hbond substituents is 1. The van der Waals surface area contributed by atoms with Gasteiger partial charge in [-0.3, -0.25) is 4.79 Å². The van der Waals surface area contributed by atoms with E-state index in [9.17, 15) is 20.1 Å². The Morgan fingerprint density at radius 1 is 1.14 bits per heavy atom. The summed E-state index contributed by atoms with van der Waals surface area (Å²) in [5, 5.41) is 48.9.